The van der Waals surface area contributed by atoms with Crippen molar-refractivity contribution in [2.24, 2.45) is 0 Å². The predicted octanol–water partition coefficient (Wildman–Crippen LogP) is 5.38. The zero-order chi connectivity index (χ0) is 31.9. The minimum atomic E-state index is -4.20. The fraction of sp³-hybridized carbons (Fsp3) is 0.412. The van der Waals surface area contributed by atoms with Crippen molar-refractivity contribution in [3.05, 3.63) is 83.4 Å². The Hall–Kier alpha value is -4.05. The molecule has 0 spiro atoms. The largest absolute Gasteiger partial charge is 0.493 e. The highest BCUT2D eigenvalue weighted by Gasteiger charge is 2.35. The van der Waals surface area contributed by atoms with Gasteiger partial charge in [0.1, 0.15) is 12.6 Å². The third-order valence-electron chi connectivity index (χ3n) is 8.10. The first-order valence-corrected chi connectivity index (χ1v) is 16.5. The molecule has 1 aliphatic carbocycles. The fourth-order valence-electron chi connectivity index (χ4n) is 5.52. The molecule has 44 heavy (non-hydrogen) atoms. The van der Waals surface area contributed by atoms with E-state index in [0.29, 0.717) is 17.9 Å². The summed E-state index contributed by atoms with van der Waals surface area (Å²) in [5.74, 6) is 0.0229. The number of methoxy groups -OCH3 is 2. The van der Waals surface area contributed by atoms with Crippen LogP contribution >= 0.6 is 0 Å². The zero-order valence-electron chi connectivity index (χ0n) is 26.2. The van der Waals surface area contributed by atoms with Gasteiger partial charge in [-0.3, -0.25) is 13.9 Å². The quantitative estimate of drug-likeness (QED) is 0.275. The molecule has 0 unspecified atom stereocenters. The number of hydrogen-bond acceptors (Lipinski definition) is 6. The highest BCUT2D eigenvalue weighted by molar-refractivity contribution is 7.92. The van der Waals surface area contributed by atoms with Crippen LogP contribution in [-0.4, -0.2) is 58.0 Å². The maximum atomic E-state index is 14.3. The molecule has 0 heterocycles. The van der Waals surface area contributed by atoms with Crippen molar-refractivity contribution in [3.63, 3.8) is 0 Å². The van der Waals surface area contributed by atoms with E-state index in [1.54, 1.807) is 24.3 Å². The molecule has 9 nitrogen and oxygen atoms in total. The minimum Gasteiger partial charge on any atom is -0.493 e. The van der Waals surface area contributed by atoms with Crippen LogP contribution in [0.15, 0.2) is 71.6 Å². The standard InChI is InChI=1S/C34H43N3O6S/c1-6-30(34(39)35-27-9-7-8-10-27)36(22-26-15-11-24(2)12-16-26)33(38)23-37(28-17-20-31(42-4)32(21-28)43-5)44(40,41)29-18-13-25(3)14-19-29/h11-21,27,30H,6-10,22-23H2,1-5H3,(H,35,39)/t30-/m1/s1. The van der Waals surface area contributed by atoms with Gasteiger partial charge in [-0.2, -0.15) is 0 Å². The summed E-state index contributed by atoms with van der Waals surface area (Å²) in [5, 5.41) is 3.14. The molecule has 0 aliphatic heterocycles. The topological polar surface area (TPSA) is 105 Å². The fourth-order valence-corrected chi connectivity index (χ4v) is 6.93. The van der Waals surface area contributed by atoms with E-state index in [9.17, 15) is 18.0 Å². The molecule has 3 aromatic rings. The third kappa shape index (κ3) is 7.72. The minimum absolute atomic E-state index is 0.0433. The second kappa shape index (κ2) is 14.6. The Morgan fingerprint density at radius 2 is 1.48 bits per heavy atom. The summed E-state index contributed by atoms with van der Waals surface area (Å²) in [6, 6.07) is 18.2. The van der Waals surface area contributed by atoms with Crippen LogP contribution in [0.5, 0.6) is 11.5 Å². The second-order valence-corrected chi connectivity index (χ2v) is 13.1. The molecule has 10 heteroatoms. The van der Waals surface area contributed by atoms with Crippen LogP contribution in [0.3, 0.4) is 0 Å². The average Bonchev–Trinajstić information content (AvgIpc) is 3.53. The van der Waals surface area contributed by atoms with Crippen molar-refractivity contribution in [1.29, 1.82) is 0 Å². The van der Waals surface area contributed by atoms with E-state index >= 15 is 0 Å². The first kappa shape index (κ1) is 32.9. The summed E-state index contributed by atoms with van der Waals surface area (Å²) in [7, 11) is -1.25. The monoisotopic (exact) mass is 621 g/mol. The van der Waals surface area contributed by atoms with Crippen LogP contribution < -0.4 is 19.1 Å². The summed E-state index contributed by atoms with van der Waals surface area (Å²) in [4.78, 5) is 29.5. The normalized spacial score (nSPS) is 14.1. The lowest BCUT2D eigenvalue weighted by Gasteiger charge is -2.34. The van der Waals surface area contributed by atoms with Gasteiger partial charge in [0.05, 0.1) is 24.8 Å². The number of amides is 2. The number of carbonyl (C=O) groups excluding carboxylic acids is 2. The van der Waals surface area contributed by atoms with Gasteiger partial charge < -0.3 is 19.7 Å². The van der Waals surface area contributed by atoms with E-state index in [4.69, 9.17) is 9.47 Å². The molecule has 1 saturated carbocycles. The van der Waals surface area contributed by atoms with Gasteiger partial charge in [0, 0.05) is 18.7 Å². The van der Waals surface area contributed by atoms with E-state index in [-0.39, 0.29) is 29.1 Å². The van der Waals surface area contributed by atoms with Crippen molar-refractivity contribution in [3.8, 4) is 11.5 Å². The molecule has 2 amide bonds. The van der Waals surface area contributed by atoms with Crippen LogP contribution in [-0.2, 0) is 26.2 Å². The van der Waals surface area contributed by atoms with Gasteiger partial charge in [-0.1, -0.05) is 67.3 Å². The van der Waals surface area contributed by atoms with Crippen LogP contribution in [0.4, 0.5) is 5.69 Å². The maximum absolute atomic E-state index is 14.3. The van der Waals surface area contributed by atoms with E-state index in [0.717, 1.165) is 46.7 Å². The Labute approximate surface area is 261 Å². The number of sulfonamides is 1. The summed E-state index contributed by atoms with van der Waals surface area (Å²) < 4.78 is 40.2. The Morgan fingerprint density at radius 1 is 0.886 bits per heavy atom. The van der Waals surface area contributed by atoms with Gasteiger partial charge in [-0.25, -0.2) is 8.42 Å². The van der Waals surface area contributed by atoms with Gasteiger partial charge in [0.25, 0.3) is 10.0 Å². The third-order valence-corrected chi connectivity index (χ3v) is 9.89. The van der Waals surface area contributed by atoms with Crippen LogP contribution in [0, 0.1) is 13.8 Å². The van der Waals surface area contributed by atoms with Gasteiger partial charge in [0.2, 0.25) is 11.8 Å². The number of nitrogens with one attached hydrogen (secondary N) is 1. The number of carbonyl (C=O) groups is 2. The lowest BCUT2D eigenvalue weighted by atomic mass is 10.1. The highest BCUT2D eigenvalue weighted by Crippen LogP contribution is 2.34. The first-order chi connectivity index (χ1) is 21.1. The molecular weight excluding hydrogens is 578 g/mol. The number of hydrogen-bond donors (Lipinski definition) is 1. The summed E-state index contributed by atoms with van der Waals surface area (Å²) >= 11 is 0. The first-order valence-electron chi connectivity index (χ1n) is 15.0. The molecule has 3 aromatic carbocycles. The van der Waals surface area contributed by atoms with E-state index in [1.165, 1.54) is 37.3 Å². The molecule has 0 aromatic heterocycles. The lowest BCUT2D eigenvalue weighted by molar-refractivity contribution is -0.140. The molecule has 0 bridgehead atoms. The van der Waals surface area contributed by atoms with E-state index < -0.39 is 28.5 Å². The van der Waals surface area contributed by atoms with Crippen molar-refractivity contribution < 1.29 is 27.5 Å². The Balaban J connectivity index is 1.75. The van der Waals surface area contributed by atoms with Crippen molar-refractivity contribution in [2.75, 3.05) is 25.1 Å². The Bertz CT molecular complexity index is 1530. The van der Waals surface area contributed by atoms with Crippen LogP contribution in [0.1, 0.15) is 55.7 Å². The number of rotatable bonds is 13. The van der Waals surface area contributed by atoms with Crippen molar-refractivity contribution in [1.82, 2.24) is 10.2 Å². The number of anilines is 1. The Kier molecular flexibility index (Phi) is 10.9. The number of aryl methyl sites for hydroxylation is 2. The molecule has 0 saturated heterocycles. The average molecular weight is 622 g/mol. The highest BCUT2D eigenvalue weighted by atomic mass is 32.2. The molecule has 4 rings (SSSR count). The van der Waals surface area contributed by atoms with E-state index in [2.05, 4.69) is 5.32 Å². The lowest BCUT2D eigenvalue weighted by Crippen LogP contribution is -2.53. The molecular formula is C34H43N3O6S. The summed E-state index contributed by atoms with van der Waals surface area (Å²) in [6.07, 6.45) is 4.32. The summed E-state index contributed by atoms with van der Waals surface area (Å²) in [5.41, 5.74) is 3.05. The van der Waals surface area contributed by atoms with Gasteiger partial charge in [-0.15, -0.1) is 0 Å². The molecule has 1 aliphatic rings. The summed E-state index contributed by atoms with van der Waals surface area (Å²) in [6.45, 7) is 5.35. The van der Waals surface area contributed by atoms with Gasteiger partial charge in [0.15, 0.2) is 11.5 Å². The zero-order valence-corrected chi connectivity index (χ0v) is 27.0. The van der Waals surface area contributed by atoms with Crippen molar-refractivity contribution >= 4 is 27.5 Å². The molecule has 1 fully saturated rings. The molecule has 236 valence electrons. The second-order valence-electron chi connectivity index (χ2n) is 11.3. The van der Waals surface area contributed by atoms with Crippen molar-refractivity contribution in [2.45, 2.75) is 76.4 Å². The molecule has 1 atom stereocenters. The Morgan fingerprint density at radius 3 is 2.05 bits per heavy atom. The number of ether oxygens (including phenoxy) is 2. The van der Waals surface area contributed by atoms with Gasteiger partial charge in [-0.05, 0) is 62.9 Å². The molecule has 0 radical (unpaired) electrons. The maximum Gasteiger partial charge on any atom is 0.264 e. The predicted molar refractivity (Wildman–Crippen MR) is 171 cm³/mol. The number of benzene rings is 3. The number of nitrogens with zero attached hydrogens (tertiary/aromatic N) is 2. The smallest absolute Gasteiger partial charge is 0.264 e. The van der Waals surface area contributed by atoms with Gasteiger partial charge >= 0.3 is 0 Å². The van der Waals surface area contributed by atoms with Crippen LogP contribution in [0.25, 0.3) is 0 Å². The molecule has 1 N–H and O–H groups in total. The van der Waals surface area contributed by atoms with Crippen LogP contribution in [0.2, 0.25) is 0 Å². The van der Waals surface area contributed by atoms with E-state index in [1.807, 2.05) is 45.0 Å². The SMILES string of the molecule is CC[C@H](C(=O)NC1CCCC1)N(Cc1ccc(C)cc1)C(=O)CN(c1ccc(OC)c(OC)c1)S(=O)(=O)c1ccc(C)cc1.